The molecule has 0 fully saturated rings. The van der Waals surface area contributed by atoms with E-state index in [1.807, 2.05) is 0 Å². The van der Waals surface area contributed by atoms with Crippen LogP contribution < -0.4 is 5.73 Å². The van der Waals surface area contributed by atoms with Gasteiger partial charge < -0.3 is 5.73 Å². The summed E-state index contributed by atoms with van der Waals surface area (Å²) in [6, 6.07) is 7.86. The van der Waals surface area contributed by atoms with Gasteiger partial charge in [0.15, 0.2) is 5.16 Å². The molecule has 1 amide bonds. The highest BCUT2D eigenvalue weighted by Gasteiger charge is 2.40. The number of carbonyl (C=O) groups excluding carboxylic acids is 1. The maximum Gasteiger partial charge on any atom is 0.269 e. The number of anilines is 1. The number of hydrogen-bond acceptors (Lipinski definition) is 7. The molecule has 1 aromatic heterocycles. The standard InChI is InChI=1S/C14H14N4O3S2/c1-9-8-12(15)17-14(16-9)22-7-6-18-13(19)10-4-2-3-5-11(10)23(18,20)21/h2-5,8H,6-7H2,1H3,(H2,15,16,17). The smallest absolute Gasteiger partial charge is 0.269 e. The minimum atomic E-state index is -3.76. The summed E-state index contributed by atoms with van der Waals surface area (Å²) in [4.78, 5) is 20.6. The van der Waals surface area contributed by atoms with Crippen molar-refractivity contribution in [1.29, 1.82) is 0 Å². The van der Waals surface area contributed by atoms with E-state index in [0.29, 0.717) is 16.7 Å². The number of nitrogens with zero attached hydrogens (tertiary/aromatic N) is 3. The van der Waals surface area contributed by atoms with Gasteiger partial charge in [-0.05, 0) is 19.1 Å². The summed E-state index contributed by atoms with van der Waals surface area (Å²) < 4.78 is 25.7. The fourth-order valence-electron chi connectivity index (χ4n) is 2.30. The molecule has 0 aliphatic carbocycles. The van der Waals surface area contributed by atoms with Crippen LogP contribution >= 0.6 is 11.8 Å². The van der Waals surface area contributed by atoms with Crippen LogP contribution in [0.1, 0.15) is 16.1 Å². The molecular weight excluding hydrogens is 336 g/mol. The van der Waals surface area contributed by atoms with Gasteiger partial charge in [-0.25, -0.2) is 22.7 Å². The van der Waals surface area contributed by atoms with Crippen LogP contribution in [0.3, 0.4) is 0 Å². The Morgan fingerprint density at radius 1 is 1.26 bits per heavy atom. The Kier molecular flexibility index (Phi) is 3.99. The van der Waals surface area contributed by atoms with E-state index in [1.54, 1.807) is 25.1 Å². The number of aryl methyl sites for hydroxylation is 1. The lowest BCUT2D eigenvalue weighted by Crippen LogP contribution is -2.32. The van der Waals surface area contributed by atoms with E-state index in [4.69, 9.17) is 5.73 Å². The number of amides is 1. The predicted molar refractivity (Wildman–Crippen MR) is 86.6 cm³/mol. The molecule has 3 rings (SSSR count). The predicted octanol–water partition coefficient (Wildman–Crippen LogP) is 1.30. The van der Waals surface area contributed by atoms with E-state index >= 15 is 0 Å². The lowest BCUT2D eigenvalue weighted by molar-refractivity contribution is 0.0876. The number of carbonyl (C=O) groups is 1. The molecule has 1 aromatic carbocycles. The number of hydrogen-bond donors (Lipinski definition) is 1. The van der Waals surface area contributed by atoms with Crippen molar-refractivity contribution in [2.24, 2.45) is 0 Å². The van der Waals surface area contributed by atoms with E-state index in [0.717, 1.165) is 10.00 Å². The number of nitrogens with two attached hydrogens (primary N) is 1. The summed E-state index contributed by atoms with van der Waals surface area (Å²) in [5, 5.41) is 0.462. The van der Waals surface area contributed by atoms with Crippen molar-refractivity contribution in [3.8, 4) is 0 Å². The van der Waals surface area contributed by atoms with E-state index in [-0.39, 0.29) is 17.0 Å². The molecule has 0 spiro atoms. The van der Waals surface area contributed by atoms with Crippen molar-refractivity contribution in [3.05, 3.63) is 41.6 Å². The maximum atomic E-state index is 12.4. The Bertz CT molecular complexity index is 863. The van der Waals surface area contributed by atoms with Gasteiger partial charge in [-0.3, -0.25) is 4.79 Å². The van der Waals surface area contributed by atoms with Crippen molar-refractivity contribution in [2.75, 3.05) is 18.0 Å². The monoisotopic (exact) mass is 350 g/mol. The number of thioether (sulfide) groups is 1. The van der Waals surface area contributed by atoms with Gasteiger partial charge in [-0.1, -0.05) is 23.9 Å². The number of fused-ring (bicyclic) bond motifs is 1. The third-order valence-electron chi connectivity index (χ3n) is 3.29. The molecule has 23 heavy (non-hydrogen) atoms. The summed E-state index contributed by atoms with van der Waals surface area (Å²) in [6.45, 7) is 1.85. The summed E-state index contributed by atoms with van der Waals surface area (Å²) >= 11 is 1.26. The van der Waals surface area contributed by atoms with Crippen LogP contribution in [0.4, 0.5) is 5.82 Å². The Hall–Kier alpha value is -2.13. The van der Waals surface area contributed by atoms with Gasteiger partial charge in [0.25, 0.3) is 15.9 Å². The quantitative estimate of drug-likeness (QED) is 0.654. The van der Waals surface area contributed by atoms with E-state index in [1.165, 1.54) is 23.9 Å². The molecule has 120 valence electrons. The number of aromatic nitrogens is 2. The first-order valence-electron chi connectivity index (χ1n) is 6.79. The normalized spacial score (nSPS) is 15.7. The first kappa shape index (κ1) is 15.8. The van der Waals surface area contributed by atoms with Gasteiger partial charge in [0.2, 0.25) is 0 Å². The Morgan fingerprint density at radius 3 is 2.70 bits per heavy atom. The van der Waals surface area contributed by atoms with Gasteiger partial charge in [0.1, 0.15) is 10.7 Å². The maximum absolute atomic E-state index is 12.4. The Balaban J connectivity index is 1.73. The molecule has 0 radical (unpaired) electrons. The molecule has 0 atom stereocenters. The summed E-state index contributed by atoms with van der Waals surface area (Å²) in [5.74, 6) is 0.213. The molecule has 0 saturated heterocycles. The van der Waals surface area contributed by atoms with Crippen LogP contribution in [0.2, 0.25) is 0 Å². The second-order valence-electron chi connectivity index (χ2n) is 4.94. The molecule has 2 aromatic rings. The highest BCUT2D eigenvalue weighted by atomic mass is 32.2. The average Bonchev–Trinajstić information content (AvgIpc) is 2.68. The molecule has 0 bridgehead atoms. The van der Waals surface area contributed by atoms with Crippen molar-refractivity contribution in [2.45, 2.75) is 17.0 Å². The summed E-state index contributed by atoms with van der Waals surface area (Å²) in [6.07, 6.45) is 0. The molecule has 0 saturated carbocycles. The lowest BCUT2D eigenvalue weighted by atomic mass is 10.2. The largest absolute Gasteiger partial charge is 0.384 e. The Morgan fingerprint density at radius 2 is 2.00 bits per heavy atom. The minimum absolute atomic E-state index is 0.0533. The van der Waals surface area contributed by atoms with Crippen molar-refractivity contribution >= 4 is 33.5 Å². The molecule has 1 aliphatic heterocycles. The van der Waals surface area contributed by atoms with E-state index < -0.39 is 15.9 Å². The van der Waals surface area contributed by atoms with E-state index in [9.17, 15) is 13.2 Å². The lowest BCUT2D eigenvalue weighted by Gasteiger charge is -2.14. The first-order valence-corrected chi connectivity index (χ1v) is 9.22. The van der Waals surface area contributed by atoms with Crippen LogP contribution in [0.15, 0.2) is 40.4 Å². The van der Waals surface area contributed by atoms with Crippen LogP contribution in [0.25, 0.3) is 0 Å². The second-order valence-corrected chi connectivity index (χ2v) is 7.84. The summed E-state index contributed by atoms with van der Waals surface area (Å²) in [5.41, 5.74) is 6.60. The highest BCUT2D eigenvalue weighted by Crippen LogP contribution is 2.30. The first-order chi connectivity index (χ1) is 10.9. The van der Waals surface area contributed by atoms with Crippen molar-refractivity contribution in [3.63, 3.8) is 0 Å². The molecule has 2 heterocycles. The van der Waals surface area contributed by atoms with Crippen LogP contribution in [0.5, 0.6) is 0 Å². The third kappa shape index (κ3) is 2.89. The minimum Gasteiger partial charge on any atom is -0.384 e. The fourth-order valence-corrected chi connectivity index (χ4v) is 4.82. The number of rotatable bonds is 4. The van der Waals surface area contributed by atoms with Crippen molar-refractivity contribution in [1.82, 2.24) is 14.3 Å². The number of nitrogen functional groups attached to an aromatic ring is 1. The van der Waals surface area contributed by atoms with Crippen LogP contribution in [-0.2, 0) is 10.0 Å². The highest BCUT2D eigenvalue weighted by molar-refractivity contribution is 7.99. The Labute approximate surface area is 138 Å². The topological polar surface area (TPSA) is 106 Å². The fraction of sp³-hybridized carbons (Fsp3) is 0.214. The van der Waals surface area contributed by atoms with Gasteiger partial charge in [0.05, 0.1) is 5.56 Å². The number of sulfonamides is 1. The molecule has 2 N–H and O–H groups in total. The van der Waals surface area contributed by atoms with Crippen LogP contribution in [0, 0.1) is 6.92 Å². The average molecular weight is 350 g/mol. The van der Waals surface area contributed by atoms with Gasteiger partial charge in [0, 0.05) is 24.1 Å². The zero-order chi connectivity index (χ0) is 16.6. The zero-order valence-corrected chi connectivity index (χ0v) is 13.9. The summed E-state index contributed by atoms with van der Waals surface area (Å²) in [7, 11) is -3.76. The van der Waals surface area contributed by atoms with Crippen molar-refractivity contribution < 1.29 is 13.2 Å². The second kappa shape index (κ2) is 5.82. The molecular formula is C14H14N4O3S2. The zero-order valence-electron chi connectivity index (χ0n) is 12.3. The van der Waals surface area contributed by atoms with Gasteiger partial charge in [-0.2, -0.15) is 0 Å². The number of benzene rings is 1. The molecule has 7 nitrogen and oxygen atoms in total. The van der Waals surface area contributed by atoms with Gasteiger partial charge in [-0.15, -0.1) is 0 Å². The SMILES string of the molecule is Cc1cc(N)nc(SCCN2C(=O)c3ccccc3S2(=O)=O)n1. The molecule has 1 aliphatic rings. The molecule has 0 unspecified atom stereocenters. The van der Waals surface area contributed by atoms with Gasteiger partial charge >= 0.3 is 0 Å². The molecule has 9 heteroatoms. The van der Waals surface area contributed by atoms with E-state index in [2.05, 4.69) is 9.97 Å². The third-order valence-corrected chi connectivity index (χ3v) is 5.96. The van der Waals surface area contributed by atoms with Crippen LogP contribution in [-0.4, -0.2) is 40.9 Å².